The Hall–Kier alpha value is -4.31. The quantitative estimate of drug-likeness (QED) is 0.454. The van der Waals surface area contributed by atoms with Crippen LogP contribution in [0, 0.1) is 6.92 Å². The number of amides is 3. The maximum Gasteiger partial charge on any atom is 0.257 e. The molecule has 1 atom stereocenters. The standard InChI is InChI=1S/C32H37N7O3/c1-23-2-4-24(5-3-23)22-36-12-14-39(15-13-36)32-33-20-26(21-34-32)31(42)38-18-16-37(17-19-38)27-8-6-25(7-9-27)28-10-11-29(40)35-30(28)41/h2-9,20-21,28H,10-19,22H2,1H3,(H,35,40,41). The summed E-state index contributed by atoms with van der Waals surface area (Å²) in [5.41, 5.74) is 5.10. The summed E-state index contributed by atoms with van der Waals surface area (Å²) in [5, 5.41) is 2.43. The van der Waals surface area contributed by atoms with Gasteiger partial charge in [0.1, 0.15) is 0 Å². The van der Waals surface area contributed by atoms with E-state index in [1.54, 1.807) is 12.4 Å². The first-order valence-electron chi connectivity index (χ1n) is 14.8. The fraction of sp³-hybridized carbons (Fsp3) is 0.406. The number of rotatable bonds is 6. The molecule has 2 aromatic carbocycles. The lowest BCUT2D eigenvalue weighted by Gasteiger charge is -2.36. The minimum Gasteiger partial charge on any atom is -0.368 e. The fourth-order valence-electron chi connectivity index (χ4n) is 5.93. The molecule has 3 amide bonds. The molecule has 1 N–H and O–H groups in total. The molecule has 0 bridgehead atoms. The van der Waals surface area contributed by atoms with Crippen molar-refractivity contribution in [3.63, 3.8) is 0 Å². The van der Waals surface area contributed by atoms with Crippen LogP contribution in [-0.4, -0.2) is 89.8 Å². The normalized spacial score (nSPS) is 20.0. The second-order valence-corrected chi connectivity index (χ2v) is 11.4. The van der Waals surface area contributed by atoms with Crippen molar-refractivity contribution in [3.05, 3.63) is 83.2 Å². The lowest BCUT2D eigenvalue weighted by Crippen LogP contribution is -2.49. The smallest absolute Gasteiger partial charge is 0.257 e. The SMILES string of the molecule is Cc1ccc(CN2CCN(c3ncc(C(=O)N4CCN(c5ccc(C6CCC(=O)NC6=O)cc5)CC4)cn3)CC2)cc1. The van der Waals surface area contributed by atoms with Crippen molar-refractivity contribution in [1.82, 2.24) is 25.1 Å². The Morgan fingerprint density at radius 3 is 2.12 bits per heavy atom. The number of nitrogens with one attached hydrogen (secondary N) is 1. The second-order valence-electron chi connectivity index (χ2n) is 11.4. The van der Waals surface area contributed by atoms with E-state index >= 15 is 0 Å². The maximum atomic E-state index is 13.2. The van der Waals surface area contributed by atoms with E-state index in [1.165, 1.54) is 11.1 Å². The molecule has 42 heavy (non-hydrogen) atoms. The molecule has 10 heteroatoms. The Bertz CT molecular complexity index is 1410. The summed E-state index contributed by atoms with van der Waals surface area (Å²) in [6.45, 7) is 9.32. The zero-order valence-corrected chi connectivity index (χ0v) is 24.0. The average molecular weight is 568 g/mol. The van der Waals surface area contributed by atoms with E-state index in [4.69, 9.17) is 0 Å². The highest BCUT2D eigenvalue weighted by atomic mass is 16.2. The van der Waals surface area contributed by atoms with Crippen molar-refractivity contribution < 1.29 is 14.4 Å². The van der Waals surface area contributed by atoms with Crippen molar-refractivity contribution in [2.45, 2.75) is 32.2 Å². The number of nitrogens with zero attached hydrogens (tertiary/aromatic N) is 6. The predicted molar refractivity (Wildman–Crippen MR) is 160 cm³/mol. The fourth-order valence-corrected chi connectivity index (χ4v) is 5.93. The van der Waals surface area contributed by atoms with Crippen LogP contribution in [-0.2, 0) is 16.1 Å². The molecule has 1 aromatic heterocycles. The van der Waals surface area contributed by atoms with E-state index in [2.05, 4.69) is 61.2 Å². The molecule has 0 radical (unpaired) electrons. The predicted octanol–water partition coefficient (Wildman–Crippen LogP) is 2.59. The van der Waals surface area contributed by atoms with Crippen LogP contribution in [0.25, 0.3) is 0 Å². The van der Waals surface area contributed by atoms with Crippen LogP contribution < -0.4 is 15.1 Å². The summed E-state index contributed by atoms with van der Waals surface area (Å²) in [6.07, 6.45) is 4.22. The maximum absolute atomic E-state index is 13.2. The van der Waals surface area contributed by atoms with Crippen LogP contribution in [0.4, 0.5) is 11.6 Å². The number of benzene rings is 2. The van der Waals surface area contributed by atoms with Gasteiger partial charge in [-0.05, 0) is 36.6 Å². The van der Waals surface area contributed by atoms with E-state index in [9.17, 15) is 14.4 Å². The van der Waals surface area contributed by atoms with Gasteiger partial charge in [0.15, 0.2) is 0 Å². The number of piperazine rings is 2. The van der Waals surface area contributed by atoms with Gasteiger partial charge in [-0.25, -0.2) is 9.97 Å². The highest BCUT2D eigenvalue weighted by molar-refractivity contribution is 6.01. The molecule has 0 spiro atoms. The van der Waals surface area contributed by atoms with Crippen LogP contribution in [0.15, 0.2) is 60.9 Å². The van der Waals surface area contributed by atoms with E-state index < -0.39 is 0 Å². The number of aromatic nitrogens is 2. The van der Waals surface area contributed by atoms with Gasteiger partial charge in [0.05, 0.1) is 11.5 Å². The van der Waals surface area contributed by atoms with Crippen LogP contribution in [0.5, 0.6) is 0 Å². The summed E-state index contributed by atoms with van der Waals surface area (Å²) < 4.78 is 0. The molecule has 0 aliphatic carbocycles. The highest BCUT2D eigenvalue weighted by Gasteiger charge is 2.28. The molecule has 3 fully saturated rings. The molecular formula is C32H37N7O3. The van der Waals surface area contributed by atoms with E-state index in [0.717, 1.165) is 57.1 Å². The number of carbonyl (C=O) groups excluding carboxylic acids is 3. The topological polar surface area (TPSA) is 102 Å². The minimum absolute atomic E-state index is 0.0441. The van der Waals surface area contributed by atoms with E-state index in [1.807, 2.05) is 29.2 Å². The molecule has 0 saturated carbocycles. The Morgan fingerprint density at radius 2 is 1.48 bits per heavy atom. The first-order chi connectivity index (χ1) is 20.4. The van der Waals surface area contributed by atoms with Gasteiger partial charge in [0.2, 0.25) is 17.8 Å². The van der Waals surface area contributed by atoms with Crippen LogP contribution in [0.1, 0.15) is 45.8 Å². The van der Waals surface area contributed by atoms with Gasteiger partial charge in [0.25, 0.3) is 5.91 Å². The van der Waals surface area contributed by atoms with E-state index in [-0.39, 0.29) is 23.6 Å². The number of aryl methyl sites for hydroxylation is 1. The number of hydrogen-bond donors (Lipinski definition) is 1. The van der Waals surface area contributed by atoms with Crippen molar-refractivity contribution in [1.29, 1.82) is 0 Å². The van der Waals surface area contributed by atoms with Gasteiger partial charge in [0, 0.05) is 83.4 Å². The first-order valence-corrected chi connectivity index (χ1v) is 14.8. The summed E-state index contributed by atoms with van der Waals surface area (Å²) in [7, 11) is 0. The minimum atomic E-state index is -0.284. The molecule has 218 valence electrons. The van der Waals surface area contributed by atoms with Gasteiger partial charge in [-0.15, -0.1) is 0 Å². The van der Waals surface area contributed by atoms with Crippen LogP contribution in [0.2, 0.25) is 0 Å². The van der Waals surface area contributed by atoms with Gasteiger partial charge >= 0.3 is 0 Å². The molecule has 10 nitrogen and oxygen atoms in total. The lowest BCUT2D eigenvalue weighted by molar-refractivity contribution is -0.134. The van der Waals surface area contributed by atoms with Crippen molar-refractivity contribution in [3.8, 4) is 0 Å². The number of piperidine rings is 1. The van der Waals surface area contributed by atoms with Crippen molar-refractivity contribution in [2.75, 3.05) is 62.2 Å². The van der Waals surface area contributed by atoms with Gasteiger partial charge in [-0.1, -0.05) is 42.0 Å². The molecular weight excluding hydrogens is 530 g/mol. The van der Waals surface area contributed by atoms with Gasteiger partial charge < -0.3 is 14.7 Å². The summed E-state index contributed by atoms with van der Waals surface area (Å²) in [5.74, 6) is -0.0800. The molecule has 4 heterocycles. The van der Waals surface area contributed by atoms with Gasteiger partial charge in [-0.3, -0.25) is 24.6 Å². The number of imide groups is 1. The average Bonchev–Trinajstić information content (AvgIpc) is 3.03. The number of anilines is 2. The molecule has 3 aliphatic rings. The van der Waals surface area contributed by atoms with Crippen LogP contribution in [0.3, 0.4) is 0 Å². The molecule has 3 aromatic rings. The monoisotopic (exact) mass is 567 g/mol. The molecule has 3 saturated heterocycles. The van der Waals surface area contributed by atoms with Gasteiger partial charge in [-0.2, -0.15) is 0 Å². The Labute approximate surface area is 246 Å². The number of hydrogen-bond acceptors (Lipinski definition) is 8. The first kappa shape index (κ1) is 27.8. The lowest BCUT2D eigenvalue weighted by atomic mass is 9.90. The van der Waals surface area contributed by atoms with Crippen molar-refractivity contribution >= 4 is 29.4 Å². The zero-order chi connectivity index (χ0) is 29.1. The van der Waals surface area contributed by atoms with E-state index in [0.29, 0.717) is 37.4 Å². The Morgan fingerprint density at radius 1 is 0.833 bits per heavy atom. The highest BCUT2D eigenvalue weighted by Crippen LogP contribution is 2.27. The molecule has 1 unspecified atom stereocenters. The Balaban J connectivity index is 0.976. The number of carbonyl (C=O) groups is 3. The summed E-state index contributed by atoms with van der Waals surface area (Å²) >= 11 is 0. The Kier molecular flexibility index (Phi) is 8.14. The molecule has 3 aliphatic heterocycles. The third-order valence-electron chi connectivity index (χ3n) is 8.53. The summed E-state index contributed by atoms with van der Waals surface area (Å²) in [4.78, 5) is 54.7. The van der Waals surface area contributed by atoms with Crippen molar-refractivity contribution in [2.24, 2.45) is 0 Å². The second kappa shape index (κ2) is 12.3. The zero-order valence-electron chi connectivity index (χ0n) is 24.0. The summed E-state index contributed by atoms with van der Waals surface area (Å²) in [6, 6.07) is 16.7. The molecule has 6 rings (SSSR count). The van der Waals surface area contributed by atoms with Crippen LogP contribution >= 0.6 is 0 Å². The third-order valence-corrected chi connectivity index (χ3v) is 8.53. The largest absolute Gasteiger partial charge is 0.368 e. The third kappa shape index (κ3) is 6.28.